The lowest BCUT2D eigenvalue weighted by atomic mass is 10.1. The Bertz CT molecular complexity index is 341. The highest BCUT2D eigenvalue weighted by Gasteiger charge is 2.32. The van der Waals surface area contributed by atoms with Crippen molar-refractivity contribution >= 4 is 29.9 Å². The highest BCUT2D eigenvalue weighted by Crippen LogP contribution is 2.34. The number of halogens is 1. The molecule has 2 aliphatic rings. The molecule has 2 aliphatic carbocycles. The van der Waals surface area contributed by atoms with Gasteiger partial charge in [0.1, 0.15) is 0 Å². The first-order chi connectivity index (χ1) is 10.1. The summed E-state index contributed by atoms with van der Waals surface area (Å²) in [5, 5.41) is 3.51. The first-order valence-corrected chi connectivity index (χ1v) is 8.27. The van der Waals surface area contributed by atoms with Crippen LogP contribution in [0.1, 0.15) is 25.7 Å². The molecule has 5 nitrogen and oxygen atoms in total. The van der Waals surface area contributed by atoms with Gasteiger partial charge in [0, 0.05) is 39.8 Å². The molecule has 0 spiro atoms. The number of rotatable bonds is 9. The number of aliphatic imine (C=N–C) groups is 1. The fraction of sp³-hybridized carbons (Fsp3) is 0.938. The third-order valence-corrected chi connectivity index (χ3v) is 4.49. The van der Waals surface area contributed by atoms with Gasteiger partial charge in [-0.25, -0.2) is 0 Å². The van der Waals surface area contributed by atoms with E-state index in [1.165, 1.54) is 25.7 Å². The van der Waals surface area contributed by atoms with E-state index in [0.717, 1.165) is 44.1 Å². The lowest BCUT2D eigenvalue weighted by molar-refractivity contribution is 0.115. The van der Waals surface area contributed by atoms with E-state index in [0.29, 0.717) is 6.04 Å². The number of guanidine groups is 1. The molecule has 0 aromatic rings. The van der Waals surface area contributed by atoms with Gasteiger partial charge in [-0.05, 0) is 51.6 Å². The van der Waals surface area contributed by atoms with Crippen LogP contribution in [0.25, 0.3) is 0 Å². The van der Waals surface area contributed by atoms with E-state index in [1.807, 2.05) is 7.05 Å². The fourth-order valence-corrected chi connectivity index (χ4v) is 2.67. The summed E-state index contributed by atoms with van der Waals surface area (Å²) in [7, 11) is 8.27. The number of hydrogen-bond acceptors (Lipinski definition) is 3. The Hall–Kier alpha value is -0.0800. The molecule has 0 heterocycles. The molecule has 1 unspecified atom stereocenters. The Labute approximate surface area is 152 Å². The lowest BCUT2D eigenvalue weighted by Gasteiger charge is -2.28. The van der Waals surface area contributed by atoms with Crippen LogP contribution >= 0.6 is 24.0 Å². The van der Waals surface area contributed by atoms with Crippen molar-refractivity contribution in [1.82, 2.24) is 15.1 Å². The lowest BCUT2D eigenvalue weighted by Crippen LogP contribution is -2.47. The molecule has 2 fully saturated rings. The van der Waals surface area contributed by atoms with Gasteiger partial charge in [0.2, 0.25) is 0 Å². The van der Waals surface area contributed by atoms with Crippen molar-refractivity contribution in [2.75, 3.05) is 54.5 Å². The van der Waals surface area contributed by atoms with Crippen LogP contribution in [-0.2, 0) is 4.74 Å². The quantitative estimate of drug-likeness (QED) is 0.266. The molecule has 0 amide bonds. The molecular formula is C16H33IN4O. The van der Waals surface area contributed by atoms with Gasteiger partial charge in [0.25, 0.3) is 0 Å². The van der Waals surface area contributed by atoms with Crippen molar-refractivity contribution < 1.29 is 4.74 Å². The molecule has 1 atom stereocenters. The summed E-state index contributed by atoms with van der Waals surface area (Å²) >= 11 is 0. The van der Waals surface area contributed by atoms with Crippen LogP contribution in [0.3, 0.4) is 0 Å². The Balaban J connectivity index is 0.00000242. The smallest absolute Gasteiger partial charge is 0.193 e. The molecule has 1 N–H and O–H groups in total. The summed E-state index contributed by atoms with van der Waals surface area (Å²) in [4.78, 5) is 8.87. The summed E-state index contributed by atoms with van der Waals surface area (Å²) in [5.74, 6) is 2.67. The average Bonchev–Trinajstić information content (AvgIpc) is 3.33. The maximum atomic E-state index is 5.70. The van der Waals surface area contributed by atoms with Gasteiger partial charge in [-0.3, -0.25) is 4.99 Å². The second-order valence-electron chi connectivity index (χ2n) is 6.74. The summed E-state index contributed by atoms with van der Waals surface area (Å²) in [6, 6.07) is 0.612. The van der Waals surface area contributed by atoms with Crippen LogP contribution in [0.2, 0.25) is 0 Å². The van der Waals surface area contributed by atoms with Crippen LogP contribution in [-0.4, -0.2) is 76.3 Å². The number of ether oxygens (including phenoxy) is 1. The molecule has 0 bridgehead atoms. The standard InChI is InChI=1S/C16H32N4O.HI/c1-17-16(18-11-15(19(2)3)14-7-8-14)20(4)9-10-21-12-13-5-6-13;/h13-15H,5-12H2,1-4H3,(H,17,18);1H. The van der Waals surface area contributed by atoms with Crippen molar-refractivity contribution in [3.8, 4) is 0 Å². The first kappa shape index (κ1) is 20.0. The van der Waals surface area contributed by atoms with E-state index in [2.05, 4.69) is 41.3 Å². The molecule has 0 aromatic heterocycles. The summed E-state index contributed by atoms with van der Waals surface area (Å²) < 4.78 is 5.70. The SMILES string of the molecule is CN=C(NCC(C1CC1)N(C)C)N(C)CCOCC1CC1.I. The molecule has 22 heavy (non-hydrogen) atoms. The van der Waals surface area contributed by atoms with Crippen LogP contribution < -0.4 is 5.32 Å². The average molecular weight is 424 g/mol. The third kappa shape index (κ3) is 7.00. The van der Waals surface area contributed by atoms with Crippen LogP contribution in [0, 0.1) is 11.8 Å². The van der Waals surface area contributed by atoms with E-state index in [9.17, 15) is 0 Å². The summed E-state index contributed by atoms with van der Waals surface area (Å²) in [6.07, 6.45) is 5.44. The predicted octanol–water partition coefficient (Wildman–Crippen LogP) is 1.88. The highest BCUT2D eigenvalue weighted by atomic mass is 127. The van der Waals surface area contributed by atoms with Gasteiger partial charge in [-0.1, -0.05) is 0 Å². The molecule has 0 radical (unpaired) electrons. The van der Waals surface area contributed by atoms with E-state index in [-0.39, 0.29) is 24.0 Å². The zero-order chi connectivity index (χ0) is 15.2. The molecule has 6 heteroatoms. The van der Waals surface area contributed by atoms with Gasteiger partial charge in [-0.15, -0.1) is 24.0 Å². The summed E-state index contributed by atoms with van der Waals surface area (Å²) in [5.41, 5.74) is 0. The van der Waals surface area contributed by atoms with Crippen molar-refractivity contribution in [3.05, 3.63) is 0 Å². The third-order valence-electron chi connectivity index (χ3n) is 4.49. The molecular weight excluding hydrogens is 391 g/mol. The normalized spacial score (nSPS) is 19.8. The second-order valence-corrected chi connectivity index (χ2v) is 6.74. The molecule has 0 aliphatic heterocycles. The Morgan fingerprint density at radius 2 is 1.91 bits per heavy atom. The second kappa shape index (κ2) is 9.93. The zero-order valence-corrected chi connectivity index (χ0v) is 16.9. The molecule has 0 aromatic carbocycles. The topological polar surface area (TPSA) is 40.1 Å². The number of nitrogens with one attached hydrogen (secondary N) is 1. The predicted molar refractivity (Wildman–Crippen MR) is 103 cm³/mol. The number of likely N-dealkylation sites (N-methyl/N-ethyl adjacent to an activating group) is 2. The minimum Gasteiger partial charge on any atom is -0.379 e. The first-order valence-electron chi connectivity index (χ1n) is 8.27. The van der Waals surface area contributed by atoms with E-state index < -0.39 is 0 Å². The Morgan fingerprint density at radius 1 is 1.23 bits per heavy atom. The number of nitrogens with zero attached hydrogens (tertiary/aromatic N) is 3. The Morgan fingerprint density at radius 3 is 2.41 bits per heavy atom. The van der Waals surface area contributed by atoms with Crippen molar-refractivity contribution in [1.29, 1.82) is 0 Å². The molecule has 2 saturated carbocycles. The van der Waals surface area contributed by atoms with Gasteiger partial charge >= 0.3 is 0 Å². The maximum Gasteiger partial charge on any atom is 0.193 e. The Kier molecular flexibility index (Phi) is 9.01. The van der Waals surface area contributed by atoms with Crippen molar-refractivity contribution in [2.24, 2.45) is 16.8 Å². The van der Waals surface area contributed by atoms with Gasteiger partial charge in [0.05, 0.1) is 6.61 Å². The largest absolute Gasteiger partial charge is 0.379 e. The minimum absolute atomic E-state index is 0. The van der Waals surface area contributed by atoms with Crippen LogP contribution in [0.15, 0.2) is 4.99 Å². The highest BCUT2D eigenvalue weighted by molar-refractivity contribution is 14.0. The molecule has 130 valence electrons. The summed E-state index contributed by atoms with van der Waals surface area (Å²) in [6.45, 7) is 3.58. The van der Waals surface area contributed by atoms with E-state index in [4.69, 9.17) is 4.74 Å². The van der Waals surface area contributed by atoms with Gasteiger partial charge < -0.3 is 19.9 Å². The number of hydrogen-bond donors (Lipinski definition) is 1. The maximum absolute atomic E-state index is 5.70. The van der Waals surface area contributed by atoms with Gasteiger partial charge in [-0.2, -0.15) is 0 Å². The molecule has 2 rings (SSSR count). The van der Waals surface area contributed by atoms with E-state index in [1.54, 1.807) is 0 Å². The van der Waals surface area contributed by atoms with E-state index >= 15 is 0 Å². The fourth-order valence-electron chi connectivity index (χ4n) is 2.67. The minimum atomic E-state index is 0. The van der Waals surface area contributed by atoms with Crippen molar-refractivity contribution in [3.63, 3.8) is 0 Å². The van der Waals surface area contributed by atoms with Gasteiger partial charge in [0.15, 0.2) is 5.96 Å². The monoisotopic (exact) mass is 424 g/mol. The van der Waals surface area contributed by atoms with Crippen molar-refractivity contribution in [2.45, 2.75) is 31.7 Å². The zero-order valence-electron chi connectivity index (χ0n) is 14.5. The van der Waals surface area contributed by atoms with Crippen LogP contribution in [0.5, 0.6) is 0 Å². The van der Waals surface area contributed by atoms with Crippen LogP contribution in [0.4, 0.5) is 0 Å². The molecule has 0 saturated heterocycles.